The van der Waals surface area contributed by atoms with Crippen molar-refractivity contribution in [1.82, 2.24) is 10.2 Å². The van der Waals surface area contributed by atoms with Crippen molar-refractivity contribution in [2.45, 2.75) is 25.9 Å². The largest absolute Gasteiger partial charge is 0.379 e. The molecule has 0 bridgehead atoms. The summed E-state index contributed by atoms with van der Waals surface area (Å²) in [6.07, 6.45) is 0. The van der Waals surface area contributed by atoms with Gasteiger partial charge in [-0.2, -0.15) is 0 Å². The van der Waals surface area contributed by atoms with Crippen LogP contribution in [0.3, 0.4) is 0 Å². The number of nitrogens with one attached hydrogen (secondary N) is 1. The minimum absolute atomic E-state index is 0.0239. The number of urea groups is 1. The highest BCUT2D eigenvalue weighted by molar-refractivity contribution is 5.94. The van der Waals surface area contributed by atoms with Gasteiger partial charge in [-0.05, 0) is 22.8 Å². The fourth-order valence-electron chi connectivity index (χ4n) is 3.87. The van der Waals surface area contributed by atoms with E-state index in [4.69, 9.17) is 4.74 Å². The first-order chi connectivity index (χ1) is 13.2. The molecule has 27 heavy (non-hydrogen) atoms. The van der Waals surface area contributed by atoms with Gasteiger partial charge in [0.2, 0.25) is 0 Å². The molecule has 0 radical (unpaired) electrons. The average molecular weight is 365 g/mol. The lowest BCUT2D eigenvalue weighted by molar-refractivity contribution is 0.0342. The van der Waals surface area contributed by atoms with Crippen LogP contribution in [0.15, 0.2) is 48.5 Å². The molecule has 1 saturated heterocycles. The van der Waals surface area contributed by atoms with Gasteiger partial charge in [-0.25, -0.2) is 4.79 Å². The molecule has 0 aromatic heterocycles. The van der Waals surface area contributed by atoms with Gasteiger partial charge in [-0.15, -0.1) is 0 Å². The molecule has 142 valence electrons. The summed E-state index contributed by atoms with van der Waals surface area (Å²) in [6.45, 7) is 8.04. The van der Waals surface area contributed by atoms with Crippen LogP contribution >= 0.6 is 0 Å². The van der Waals surface area contributed by atoms with Crippen molar-refractivity contribution in [3.63, 3.8) is 0 Å². The number of amides is 2. The van der Waals surface area contributed by atoms with Crippen LogP contribution in [0.4, 0.5) is 10.5 Å². The van der Waals surface area contributed by atoms with Gasteiger partial charge in [-0.3, -0.25) is 9.80 Å². The number of hydrogen-bond acceptors (Lipinski definition) is 3. The standard InChI is InChI=1S/C22H27N3O2/c1-17-15-25(21-5-3-2-4-20(17)21)22(26)23-14-18-6-8-19(9-7-18)16-24-10-12-27-13-11-24/h2-9,17H,10-16H2,1H3,(H,23,26). The maximum Gasteiger partial charge on any atom is 0.322 e. The molecule has 4 rings (SSSR count). The van der Waals surface area contributed by atoms with Gasteiger partial charge in [0, 0.05) is 44.3 Å². The summed E-state index contributed by atoms with van der Waals surface area (Å²) in [5, 5.41) is 3.06. The number of carbonyl (C=O) groups is 1. The lowest BCUT2D eigenvalue weighted by Crippen LogP contribution is -2.38. The first-order valence-electron chi connectivity index (χ1n) is 9.73. The molecule has 1 N–H and O–H groups in total. The van der Waals surface area contributed by atoms with Crippen molar-refractivity contribution in [2.75, 3.05) is 37.7 Å². The fourth-order valence-corrected chi connectivity index (χ4v) is 3.87. The predicted molar refractivity (Wildman–Crippen MR) is 107 cm³/mol. The zero-order valence-electron chi connectivity index (χ0n) is 15.9. The summed E-state index contributed by atoms with van der Waals surface area (Å²) in [6, 6.07) is 16.7. The SMILES string of the molecule is CC1CN(C(=O)NCc2ccc(CN3CCOCC3)cc2)c2ccccc21. The molecule has 2 aliphatic heterocycles. The van der Waals surface area contributed by atoms with Gasteiger partial charge in [0.25, 0.3) is 0 Å². The number of ether oxygens (including phenoxy) is 1. The zero-order chi connectivity index (χ0) is 18.6. The highest BCUT2D eigenvalue weighted by atomic mass is 16.5. The minimum atomic E-state index is -0.0239. The summed E-state index contributed by atoms with van der Waals surface area (Å²) in [5.74, 6) is 0.381. The smallest absolute Gasteiger partial charge is 0.322 e. The van der Waals surface area contributed by atoms with Crippen molar-refractivity contribution in [2.24, 2.45) is 0 Å². The van der Waals surface area contributed by atoms with Crippen LogP contribution in [-0.2, 0) is 17.8 Å². The van der Waals surface area contributed by atoms with Gasteiger partial charge in [0.1, 0.15) is 0 Å². The topological polar surface area (TPSA) is 44.8 Å². The summed E-state index contributed by atoms with van der Waals surface area (Å²) >= 11 is 0. The van der Waals surface area contributed by atoms with E-state index in [1.54, 1.807) is 0 Å². The number of benzene rings is 2. The second-order valence-electron chi connectivity index (χ2n) is 7.43. The highest BCUT2D eigenvalue weighted by Gasteiger charge is 2.29. The molecule has 0 aliphatic carbocycles. The van der Waals surface area contributed by atoms with E-state index in [2.05, 4.69) is 47.5 Å². The summed E-state index contributed by atoms with van der Waals surface area (Å²) in [5.41, 5.74) is 4.70. The van der Waals surface area contributed by atoms with Crippen molar-refractivity contribution in [1.29, 1.82) is 0 Å². The van der Waals surface area contributed by atoms with Crippen LogP contribution < -0.4 is 10.2 Å². The normalized spacial score (nSPS) is 19.7. The van der Waals surface area contributed by atoms with Gasteiger partial charge < -0.3 is 10.1 Å². The van der Waals surface area contributed by atoms with Crippen LogP contribution in [0.2, 0.25) is 0 Å². The second kappa shape index (κ2) is 8.11. The summed E-state index contributed by atoms with van der Waals surface area (Å²) < 4.78 is 5.40. The molecule has 1 fully saturated rings. The van der Waals surface area contributed by atoms with Crippen LogP contribution in [0, 0.1) is 0 Å². The van der Waals surface area contributed by atoms with Gasteiger partial charge in [0.15, 0.2) is 0 Å². The third-order valence-corrected chi connectivity index (χ3v) is 5.44. The predicted octanol–water partition coefficient (Wildman–Crippen LogP) is 3.35. The molecular formula is C22H27N3O2. The fraction of sp³-hybridized carbons (Fsp3) is 0.409. The maximum atomic E-state index is 12.7. The Labute approximate surface area is 160 Å². The van der Waals surface area contributed by atoms with Crippen molar-refractivity contribution in [3.05, 3.63) is 65.2 Å². The van der Waals surface area contributed by atoms with Crippen LogP contribution in [0.1, 0.15) is 29.5 Å². The number of nitrogens with zero attached hydrogens (tertiary/aromatic N) is 2. The molecule has 1 unspecified atom stereocenters. The molecule has 1 atom stereocenters. The molecule has 2 aromatic carbocycles. The Morgan fingerprint density at radius 1 is 1.07 bits per heavy atom. The second-order valence-corrected chi connectivity index (χ2v) is 7.43. The Kier molecular flexibility index (Phi) is 5.41. The van der Waals surface area contributed by atoms with Crippen LogP contribution in [-0.4, -0.2) is 43.8 Å². The first-order valence-corrected chi connectivity index (χ1v) is 9.73. The Morgan fingerprint density at radius 2 is 1.78 bits per heavy atom. The van der Waals surface area contributed by atoms with Crippen molar-refractivity contribution in [3.8, 4) is 0 Å². The van der Waals surface area contributed by atoms with E-state index >= 15 is 0 Å². The van der Waals surface area contributed by atoms with E-state index in [0.717, 1.165) is 50.6 Å². The lowest BCUT2D eigenvalue weighted by atomic mass is 10.0. The number of anilines is 1. The molecule has 2 heterocycles. The van der Waals surface area contributed by atoms with E-state index < -0.39 is 0 Å². The van der Waals surface area contributed by atoms with Crippen molar-refractivity contribution < 1.29 is 9.53 Å². The molecular weight excluding hydrogens is 338 g/mol. The average Bonchev–Trinajstić information content (AvgIpc) is 3.05. The third-order valence-electron chi connectivity index (χ3n) is 5.44. The van der Waals surface area contributed by atoms with Crippen molar-refractivity contribution >= 4 is 11.7 Å². The van der Waals surface area contributed by atoms with E-state index in [1.165, 1.54) is 11.1 Å². The summed E-state index contributed by atoms with van der Waals surface area (Å²) in [4.78, 5) is 16.9. The van der Waals surface area contributed by atoms with E-state index in [0.29, 0.717) is 12.5 Å². The van der Waals surface area contributed by atoms with E-state index in [1.807, 2.05) is 23.1 Å². The van der Waals surface area contributed by atoms with E-state index in [-0.39, 0.29) is 6.03 Å². The van der Waals surface area contributed by atoms with Crippen LogP contribution in [0.25, 0.3) is 0 Å². The number of rotatable bonds is 4. The molecule has 2 aliphatic rings. The highest BCUT2D eigenvalue weighted by Crippen LogP contribution is 2.35. The van der Waals surface area contributed by atoms with Gasteiger partial charge >= 0.3 is 6.03 Å². The maximum absolute atomic E-state index is 12.7. The Morgan fingerprint density at radius 3 is 2.56 bits per heavy atom. The third kappa shape index (κ3) is 4.15. The number of morpholine rings is 1. The monoisotopic (exact) mass is 365 g/mol. The number of para-hydroxylation sites is 1. The molecule has 2 amide bonds. The van der Waals surface area contributed by atoms with E-state index in [9.17, 15) is 4.79 Å². The molecule has 0 spiro atoms. The molecule has 2 aromatic rings. The molecule has 0 saturated carbocycles. The lowest BCUT2D eigenvalue weighted by Gasteiger charge is -2.26. The molecule has 5 heteroatoms. The Balaban J connectivity index is 1.32. The Hall–Kier alpha value is -2.37. The zero-order valence-corrected chi connectivity index (χ0v) is 15.9. The number of fused-ring (bicyclic) bond motifs is 1. The Bertz CT molecular complexity index is 784. The number of hydrogen-bond donors (Lipinski definition) is 1. The minimum Gasteiger partial charge on any atom is -0.379 e. The van der Waals surface area contributed by atoms with Gasteiger partial charge in [-0.1, -0.05) is 49.4 Å². The van der Waals surface area contributed by atoms with Crippen LogP contribution in [0.5, 0.6) is 0 Å². The number of carbonyl (C=O) groups excluding carboxylic acids is 1. The summed E-state index contributed by atoms with van der Waals surface area (Å²) in [7, 11) is 0. The van der Waals surface area contributed by atoms with Gasteiger partial charge in [0.05, 0.1) is 13.2 Å². The first kappa shape index (κ1) is 18.0. The quantitative estimate of drug-likeness (QED) is 0.904. The molecule has 5 nitrogen and oxygen atoms in total.